The van der Waals surface area contributed by atoms with Crippen molar-refractivity contribution in [3.8, 4) is 0 Å². The maximum Gasteiger partial charge on any atom is 0.230 e. The molecule has 1 amide bonds. The van der Waals surface area contributed by atoms with E-state index in [1.807, 2.05) is 0 Å². The Hall–Kier alpha value is -0.610. The van der Waals surface area contributed by atoms with E-state index in [1.165, 1.54) is 6.42 Å². The van der Waals surface area contributed by atoms with Crippen LogP contribution in [0, 0.1) is 0 Å². The van der Waals surface area contributed by atoms with Crippen LogP contribution in [0.4, 0.5) is 0 Å². The van der Waals surface area contributed by atoms with Gasteiger partial charge in [0.2, 0.25) is 6.41 Å². The predicted molar refractivity (Wildman–Crippen MR) is 36.2 cm³/mol. The molecule has 1 aliphatic rings. The summed E-state index contributed by atoms with van der Waals surface area (Å²) in [6, 6.07) is 0.424. The van der Waals surface area contributed by atoms with E-state index in [4.69, 9.17) is 4.84 Å². The fourth-order valence-electron chi connectivity index (χ4n) is 1.08. The van der Waals surface area contributed by atoms with Crippen LogP contribution < -0.4 is 10.8 Å². The summed E-state index contributed by atoms with van der Waals surface area (Å²) < 4.78 is 0. The molecule has 1 rings (SSSR count). The van der Waals surface area contributed by atoms with Crippen molar-refractivity contribution < 1.29 is 9.63 Å². The highest BCUT2D eigenvalue weighted by molar-refractivity contribution is 5.43. The van der Waals surface area contributed by atoms with Crippen LogP contribution in [-0.4, -0.2) is 25.6 Å². The van der Waals surface area contributed by atoms with Gasteiger partial charge in [0.1, 0.15) is 0 Å². The average molecular weight is 144 g/mol. The van der Waals surface area contributed by atoms with E-state index in [-0.39, 0.29) is 0 Å². The Morgan fingerprint density at radius 3 is 3.30 bits per heavy atom. The summed E-state index contributed by atoms with van der Waals surface area (Å²) in [6.45, 7) is 1.63. The molecule has 0 bridgehead atoms. The smallest absolute Gasteiger partial charge is 0.230 e. The molecule has 0 aromatic heterocycles. The fraction of sp³-hybridized carbons (Fsp3) is 0.833. The van der Waals surface area contributed by atoms with Crippen molar-refractivity contribution in [2.75, 3.05) is 13.2 Å². The number of carbonyl (C=O) groups excluding carboxylic acids is 1. The average Bonchev–Trinajstić information content (AvgIpc) is 2.41. The summed E-state index contributed by atoms with van der Waals surface area (Å²) in [7, 11) is 0. The Kier molecular flexibility index (Phi) is 3.18. The Bertz CT molecular complexity index is 102. The van der Waals surface area contributed by atoms with Crippen LogP contribution in [0.3, 0.4) is 0 Å². The van der Waals surface area contributed by atoms with Gasteiger partial charge in [-0.1, -0.05) is 0 Å². The molecule has 2 N–H and O–H groups in total. The topological polar surface area (TPSA) is 50.4 Å². The van der Waals surface area contributed by atoms with Gasteiger partial charge in [0.15, 0.2) is 0 Å². The highest BCUT2D eigenvalue weighted by Crippen LogP contribution is 2.03. The third-order valence-corrected chi connectivity index (χ3v) is 1.58. The number of amides is 1. The molecule has 0 unspecified atom stereocenters. The van der Waals surface area contributed by atoms with Gasteiger partial charge in [0, 0.05) is 6.04 Å². The van der Waals surface area contributed by atoms with Crippen molar-refractivity contribution in [2.45, 2.75) is 18.9 Å². The van der Waals surface area contributed by atoms with Crippen LogP contribution in [0.5, 0.6) is 0 Å². The van der Waals surface area contributed by atoms with Crippen molar-refractivity contribution in [2.24, 2.45) is 0 Å². The van der Waals surface area contributed by atoms with Crippen molar-refractivity contribution in [3.05, 3.63) is 0 Å². The minimum Gasteiger partial charge on any atom is -0.312 e. The predicted octanol–water partition coefficient (Wildman–Crippen LogP) is -0.584. The lowest BCUT2D eigenvalue weighted by molar-refractivity contribution is -0.121. The van der Waals surface area contributed by atoms with Crippen molar-refractivity contribution >= 4 is 6.41 Å². The largest absolute Gasteiger partial charge is 0.312 e. The summed E-state index contributed by atoms with van der Waals surface area (Å²) in [5.41, 5.74) is 2.15. The first-order valence-electron chi connectivity index (χ1n) is 3.48. The summed E-state index contributed by atoms with van der Waals surface area (Å²) >= 11 is 0. The van der Waals surface area contributed by atoms with Gasteiger partial charge in [-0.3, -0.25) is 9.63 Å². The lowest BCUT2D eigenvalue weighted by Crippen LogP contribution is -2.29. The van der Waals surface area contributed by atoms with Crippen molar-refractivity contribution in [3.63, 3.8) is 0 Å². The van der Waals surface area contributed by atoms with Gasteiger partial charge in [-0.25, -0.2) is 5.48 Å². The molecule has 1 fully saturated rings. The number of hydrogen-bond acceptors (Lipinski definition) is 3. The Morgan fingerprint density at radius 1 is 1.80 bits per heavy atom. The zero-order valence-electron chi connectivity index (χ0n) is 5.80. The Morgan fingerprint density at radius 2 is 2.70 bits per heavy atom. The second-order valence-electron chi connectivity index (χ2n) is 2.34. The third kappa shape index (κ3) is 2.33. The molecule has 0 aromatic carbocycles. The van der Waals surface area contributed by atoms with E-state index >= 15 is 0 Å². The molecule has 0 aromatic rings. The number of carbonyl (C=O) groups is 1. The first kappa shape index (κ1) is 7.50. The molecule has 1 saturated heterocycles. The fourth-order valence-corrected chi connectivity index (χ4v) is 1.08. The zero-order chi connectivity index (χ0) is 7.23. The quantitative estimate of drug-likeness (QED) is 0.315. The summed E-state index contributed by atoms with van der Waals surface area (Å²) in [4.78, 5) is 14.5. The molecule has 0 aliphatic carbocycles. The van der Waals surface area contributed by atoms with Crippen molar-refractivity contribution in [1.29, 1.82) is 0 Å². The normalized spacial score (nSPS) is 24.6. The van der Waals surface area contributed by atoms with Crippen LogP contribution in [0.25, 0.3) is 0 Å². The van der Waals surface area contributed by atoms with E-state index in [0.29, 0.717) is 19.1 Å². The van der Waals surface area contributed by atoms with Gasteiger partial charge in [-0.2, -0.15) is 0 Å². The van der Waals surface area contributed by atoms with Crippen LogP contribution in [-0.2, 0) is 9.63 Å². The SMILES string of the molecule is O=CNOC[C@@H]1CCCN1. The molecule has 1 aliphatic heterocycles. The molecule has 4 nitrogen and oxygen atoms in total. The second-order valence-corrected chi connectivity index (χ2v) is 2.34. The minimum absolute atomic E-state index is 0.424. The molecule has 1 atom stereocenters. The highest BCUT2D eigenvalue weighted by atomic mass is 16.6. The van der Waals surface area contributed by atoms with E-state index in [1.54, 1.807) is 0 Å². The van der Waals surface area contributed by atoms with Crippen LogP contribution in [0.2, 0.25) is 0 Å². The van der Waals surface area contributed by atoms with Crippen molar-refractivity contribution in [1.82, 2.24) is 10.8 Å². The molecule has 0 spiro atoms. The molecule has 0 radical (unpaired) electrons. The first-order chi connectivity index (χ1) is 4.93. The van der Waals surface area contributed by atoms with E-state index < -0.39 is 0 Å². The summed E-state index contributed by atoms with van der Waals surface area (Å²) in [6.07, 6.45) is 2.88. The summed E-state index contributed by atoms with van der Waals surface area (Å²) in [5.74, 6) is 0. The third-order valence-electron chi connectivity index (χ3n) is 1.58. The first-order valence-corrected chi connectivity index (χ1v) is 3.48. The lowest BCUT2D eigenvalue weighted by atomic mass is 10.2. The Balaban J connectivity index is 1.96. The molecule has 58 valence electrons. The van der Waals surface area contributed by atoms with Crippen LogP contribution >= 0.6 is 0 Å². The van der Waals surface area contributed by atoms with E-state index in [2.05, 4.69) is 10.8 Å². The zero-order valence-corrected chi connectivity index (χ0v) is 5.80. The minimum atomic E-state index is 0.424. The maximum atomic E-state index is 9.72. The molecule has 10 heavy (non-hydrogen) atoms. The van der Waals surface area contributed by atoms with Crippen LogP contribution in [0.15, 0.2) is 0 Å². The molecular formula is C6H12N2O2. The standard InChI is InChI=1S/C6H12N2O2/c9-5-8-10-4-6-2-1-3-7-6/h5-7H,1-4H2,(H,8,9)/t6-/m0/s1. The summed E-state index contributed by atoms with van der Waals surface area (Å²) in [5, 5.41) is 3.23. The number of hydroxylamine groups is 1. The lowest BCUT2D eigenvalue weighted by Gasteiger charge is -2.07. The van der Waals surface area contributed by atoms with E-state index in [0.717, 1.165) is 13.0 Å². The van der Waals surface area contributed by atoms with Crippen LogP contribution in [0.1, 0.15) is 12.8 Å². The van der Waals surface area contributed by atoms with Gasteiger partial charge in [-0.05, 0) is 19.4 Å². The molecule has 1 heterocycles. The highest BCUT2D eigenvalue weighted by Gasteiger charge is 2.13. The van der Waals surface area contributed by atoms with Gasteiger partial charge < -0.3 is 5.32 Å². The maximum absolute atomic E-state index is 9.72. The number of rotatable bonds is 4. The monoisotopic (exact) mass is 144 g/mol. The number of hydrogen-bond donors (Lipinski definition) is 2. The second kappa shape index (κ2) is 4.24. The molecular weight excluding hydrogens is 132 g/mol. The van der Waals surface area contributed by atoms with E-state index in [9.17, 15) is 4.79 Å². The van der Waals surface area contributed by atoms with Gasteiger partial charge in [-0.15, -0.1) is 0 Å². The molecule has 0 saturated carbocycles. The number of nitrogens with one attached hydrogen (secondary N) is 2. The van der Waals surface area contributed by atoms with Gasteiger partial charge >= 0.3 is 0 Å². The van der Waals surface area contributed by atoms with Gasteiger partial charge in [0.25, 0.3) is 0 Å². The van der Waals surface area contributed by atoms with Gasteiger partial charge in [0.05, 0.1) is 6.61 Å². The molecule has 4 heteroatoms. The Labute approximate surface area is 59.9 Å².